The number of anilines is 1. The van der Waals surface area contributed by atoms with Crippen molar-refractivity contribution in [2.45, 2.75) is 19.5 Å². The van der Waals surface area contributed by atoms with Gasteiger partial charge in [0.25, 0.3) is 0 Å². The lowest BCUT2D eigenvalue weighted by Gasteiger charge is -2.17. The number of carboxylic acids is 1. The lowest BCUT2D eigenvalue weighted by molar-refractivity contribution is -0.138. The van der Waals surface area contributed by atoms with Gasteiger partial charge in [0, 0.05) is 13.1 Å². The number of aromatic nitrogens is 2. The number of aliphatic carboxylic acids is 1. The molecule has 1 aliphatic heterocycles. The third kappa shape index (κ3) is 1.87. The first-order valence-corrected chi connectivity index (χ1v) is 6.34. The van der Waals surface area contributed by atoms with Crippen molar-refractivity contribution in [2.24, 2.45) is 0 Å². The molecule has 0 spiro atoms. The first-order chi connectivity index (χ1) is 9.58. The maximum atomic E-state index is 12.1. The summed E-state index contributed by atoms with van der Waals surface area (Å²) >= 11 is 0. The molecule has 0 saturated carbocycles. The Kier molecular flexibility index (Phi) is 2.81. The Balaban J connectivity index is 1.89. The summed E-state index contributed by atoms with van der Waals surface area (Å²) in [5, 5.41) is 11.3. The second-order valence-electron chi connectivity index (χ2n) is 4.71. The molecule has 0 bridgehead atoms. The predicted molar refractivity (Wildman–Crippen MR) is 72.7 cm³/mol. The van der Waals surface area contributed by atoms with Gasteiger partial charge < -0.3 is 15.0 Å². The van der Waals surface area contributed by atoms with Crippen LogP contribution in [0.3, 0.4) is 0 Å². The zero-order chi connectivity index (χ0) is 14.3. The number of para-hydroxylation sites is 2. The zero-order valence-corrected chi connectivity index (χ0v) is 10.9. The van der Waals surface area contributed by atoms with Gasteiger partial charge in [0.05, 0.1) is 11.0 Å². The van der Waals surface area contributed by atoms with Crippen molar-refractivity contribution in [3.8, 4) is 0 Å². The van der Waals surface area contributed by atoms with E-state index >= 15 is 0 Å². The molecule has 2 aromatic rings. The summed E-state index contributed by atoms with van der Waals surface area (Å²) in [4.78, 5) is 28.8. The number of imidazole rings is 1. The minimum atomic E-state index is -1.06. The van der Waals surface area contributed by atoms with Crippen molar-refractivity contribution < 1.29 is 14.7 Å². The molecule has 0 aliphatic carbocycles. The number of carboxylic acid groups (broad SMARTS) is 1. The summed E-state index contributed by atoms with van der Waals surface area (Å²) in [7, 11) is 0. The Morgan fingerprint density at radius 1 is 1.35 bits per heavy atom. The highest BCUT2D eigenvalue weighted by molar-refractivity contribution is 5.95. The molecule has 0 saturated heterocycles. The number of fused-ring (bicyclic) bond motifs is 3. The van der Waals surface area contributed by atoms with Crippen molar-refractivity contribution in [3.63, 3.8) is 0 Å². The minimum absolute atomic E-state index is 0.436. The van der Waals surface area contributed by atoms with Crippen molar-refractivity contribution in [1.82, 2.24) is 14.9 Å². The molecule has 0 fully saturated rings. The highest BCUT2D eigenvalue weighted by atomic mass is 16.4. The van der Waals surface area contributed by atoms with Gasteiger partial charge in [-0.3, -0.25) is 9.69 Å². The minimum Gasteiger partial charge on any atom is -0.480 e. The number of benzene rings is 1. The van der Waals surface area contributed by atoms with Gasteiger partial charge in [-0.05, 0) is 19.1 Å². The van der Waals surface area contributed by atoms with Gasteiger partial charge in [-0.1, -0.05) is 12.1 Å². The van der Waals surface area contributed by atoms with E-state index in [0.717, 1.165) is 11.0 Å². The van der Waals surface area contributed by atoms with E-state index in [-0.39, 0.29) is 0 Å². The van der Waals surface area contributed by atoms with Gasteiger partial charge in [0.1, 0.15) is 6.04 Å². The van der Waals surface area contributed by atoms with Crippen LogP contribution in [0.25, 0.3) is 11.0 Å². The number of nitrogens with one attached hydrogen (secondary N) is 1. The largest absolute Gasteiger partial charge is 0.480 e. The highest BCUT2D eigenvalue weighted by Gasteiger charge is 2.29. The number of carbonyl (C=O) groups excluding carboxylic acids is 1. The van der Waals surface area contributed by atoms with Crippen LogP contribution in [0.1, 0.15) is 6.92 Å². The third-order valence-corrected chi connectivity index (χ3v) is 3.38. The third-order valence-electron chi connectivity index (χ3n) is 3.38. The monoisotopic (exact) mass is 274 g/mol. The van der Waals surface area contributed by atoms with E-state index < -0.39 is 18.0 Å². The van der Waals surface area contributed by atoms with E-state index in [1.807, 2.05) is 28.8 Å². The molecule has 1 aromatic heterocycles. The van der Waals surface area contributed by atoms with Crippen molar-refractivity contribution in [2.75, 3.05) is 11.4 Å². The number of amides is 2. The summed E-state index contributed by atoms with van der Waals surface area (Å²) in [5.74, 6) is -0.507. The normalized spacial score (nSPS) is 15.2. The van der Waals surface area contributed by atoms with Crippen molar-refractivity contribution in [3.05, 3.63) is 24.3 Å². The molecule has 1 atom stereocenters. The molecule has 2 N–H and O–H groups in total. The summed E-state index contributed by atoms with van der Waals surface area (Å²) < 4.78 is 1.96. The van der Waals surface area contributed by atoms with Gasteiger partial charge in [0.2, 0.25) is 5.95 Å². The summed E-state index contributed by atoms with van der Waals surface area (Å²) in [6, 6.07) is 6.29. The summed E-state index contributed by atoms with van der Waals surface area (Å²) in [5.41, 5.74) is 1.80. The van der Waals surface area contributed by atoms with Crippen molar-refractivity contribution in [1.29, 1.82) is 0 Å². The molecule has 2 heterocycles. The van der Waals surface area contributed by atoms with Crippen LogP contribution >= 0.6 is 0 Å². The number of hydrogen-bond donors (Lipinski definition) is 2. The van der Waals surface area contributed by atoms with Crippen LogP contribution in [-0.4, -0.2) is 39.2 Å². The first-order valence-electron chi connectivity index (χ1n) is 6.34. The maximum absolute atomic E-state index is 12.1. The topological polar surface area (TPSA) is 87.5 Å². The molecule has 104 valence electrons. The second kappa shape index (κ2) is 4.52. The Bertz CT molecular complexity index is 694. The predicted octanol–water partition coefficient (Wildman–Crippen LogP) is 1.04. The quantitative estimate of drug-likeness (QED) is 0.856. The SMILES string of the molecule is CC(NC(=O)N1CCn2c1nc1ccccc12)C(=O)O. The van der Waals surface area contributed by atoms with Crippen LogP contribution in [0, 0.1) is 0 Å². The van der Waals surface area contributed by atoms with Gasteiger partial charge in [0.15, 0.2) is 0 Å². The van der Waals surface area contributed by atoms with E-state index in [2.05, 4.69) is 10.3 Å². The first kappa shape index (κ1) is 12.5. The molecule has 7 heteroatoms. The standard InChI is InChI=1S/C13H14N4O3/c1-8(11(18)19)14-13(20)17-7-6-16-10-5-3-2-4-9(10)15-12(16)17/h2-5,8H,6-7H2,1H3,(H,14,20)(H,18,19). The van der Waals surface area contributed by atoms with Crippen LogP contribution in [-0.2, 0) is 11.3 Å². The fraction of sp³-hybridized carbons (Fsp3) is 0.308. The number of hydrogen-bond acceptors (Lipinski definition) is 3. The lowest BCUT2D eigenvalue weighted by atomic mass is 10.3. The van der Waals surface area contributed by atoms with E-state index in [0.29, 0.717) is 19.0 Å². The number of urea groups is 1. The van der Waals surface area contributed by atoms with Crippen LogP contribution in [0.5, 0.6) is 0 Å². The van der Waals surface area contributed by atoms with Gasteiger partial charge in [-0.2, -0.15) is 0 Å². The van der Waals surface area contributed by atoms with E-state index in [9.17, 15) is 9.59 Å². The van der Waals surface area contributed by atoms with Gasteiger partial charge in [-0.15, -0.1) is 0 Å². The Morgan fingerprint density at radius 3 is 2.85 bits per heavy atom. The molecule has 1 aliphatic rings. The maximum Gasteiger partial charge on any atom is 0.325 e. The molecule has 1 aromatic carbocycles. The molecule has 3 rings (SSSR count). The van der Waals surface area contributed by atoms with E-state index in [1.165, 1.54) is 11.8 Å². The van der Waals surface area contributed by atoms with Gasteiger partial charge >= 0.3 is 12.0 Å². The van der Waals surface area contributed by atoms with Gasteiger partial charge in [-0.25, -0.2) is 9.78 Å². The zero-order valence-electron chi connectivity index (χ0n) is 10.9. The summed E-state index contributed by atoms with van der Waals surface area (Å²) in [6.07, 6.45) is 0. The molecule has 1 unspecified atom stereocenters. The average molecular weight is 274 g/mol. The number of carbonyl (C=O) groups is 2. The molecular formula is C13H14N4O3. The highest BCUT2D eigenvalue weighted by Crippen LogP contribution is 2.26. The average Bonchev–Trinajstić information content (AvgIpc) is 2.96. The Morgan fingerprint density at radius 2 is 2.10 bits per heavy atom. The second-order valence-corrected chi connectivity index (χ2v) is 4.71. The lowest BCUT2D eigenvalue weighted by Crippen LogP contribution is -2.46. The van der Waals surface area contributed by atoms with Crippen LogP contribution in [0.15, 0.2) is 24.3 Å². The molecule has 0 radical (unpaired) electrons. The Hall–Kier alpha value is -2.57. The molecule has 2 amide bonds. The molecule has 20 heavy (non-hydrogen) atoms. The Labute approximate surface area is 114 Å². The number of rotatable bonds is 2. The number of nitrogens with zero attached hydrogens (tertiary/aromatic N) is 3. The van der Waals surface area contributed by atoms with Crippen LogP contribution in [0.4, 0.5) is 10.7 Å². The van der Waals surface area contributed by atoms with Crippen molar-refractivity contribution >= 4 is 29.0 Å². The molecular weight excluding hydrogens is 260 g/mol. The fourth-order valence-corrected chi connectivity index (χ4v) is 2.31. The molecule has 7 nitrogen and oxygen atoms in total. The van der Waals surface area contributed by atoms with Crippen LogP contribution in [0.2, 0.25) is 0 Å². The van der Waals surface area contributed by atoms with Crippen LogP contribution < -0.4 is 10.2 Å². The van der Waals surface area contributed by atoms with E-state index in [1.54, 1.807) is 0 Å². The fourth-order valence-electron chi connectivity index (χ4n) is 2.31. The smallest absolute Gasteiger partial charge is 0.325 e. The summed E-state index contributed by atoms with van der Waals surface area (Å²) in [6.45, 7) is 2.58. The van der Waals surface area contributed by atoms with E-state index in [4.69, 9.17) is 5.11 Å².